The summed E-state index contributed by atoms with van der Waals surface area (Å²) in [5, 5.41) is 3.57. The molecular weight excluding hydrogens is 234 g/mol. The molecule has 2 heterocycles. The summed E-state index contributed by atoms with van der Waals surface area (Å²) in [6.45, 7) is 1.96. The Balaban J connectivity index is 2.10. The van der Waals surface area contributed by atoms with Crippen molar-refractivity contribution in [2.45, 2.75) is 12.8 Å². The first kappa shape index (κ1) is 10.8. The first-order chi connectivity index (χ1) is 8.70. The lowest BCUT2D eigenvalue weighted by Crippen LogP contribution is -2.22. The zero-order valence-corrected chi connectivity index (χ0v) is 9.73. The maximum atomic E-state index is 11.8. The van der Waals surface area contributed by atoms with E-state index in [1.807, 2.05) is 0 Å². The Morgan fingerprint density at radius 1 is 1.50 bits per heavy atom. The van der Waals surface area contributed by atoms with Crippen LogP contribution in [0.2, 0.25) is 0 Å². The summed E-state index contributed by atoms with van der Waals surface area (Å²) in [4.78, 5) is 23.6. The van der Waals surface area contributed by atoms with Crippen molar-refractivity contribution in [3.8, 4) is 0 Å². The molecule has 2 aromatic rings. The second-order valence-corrected chi connectivity index (χ2v) is 4.07. The highest BCUT2D eigenvalue weighted by molar-refractivity contribution is 6.16. The van der Waals surface area contributed by atoms with Gasteiger partial charge >= 0.3 is 5.97 Å². The second-order valence-electron chi connectivity index (χ2n) is 4.07. The van der Waals surface area contributed by atoms with Crippen LogP contribution in [0.1, 0.15) is 18.4 Å². The number of nitrogens with one attached hydrogen (secondary N) is 1. The number of carbonyl (C=O) groups is 2. The number of carbonyl (C=O) groups excluding carboxylic acids is 2. The number of anilines is 1. The minimum atomic E-state index is -0.894. The molecule has 1 amide bonds. The average Bonchev–Trinajstić information content (AvgIpc) is 2.88. The van der Waals surface area contributed by atoms with E-state index in [0.717, 1.165) is 5.39 Å². The quantitative estimate of drug-likeness (QED) is 0.649. The van der Waals surface area contributed by atoms with Crippen LogP contribution in [0.25, 0.3) is 11.0 Å². The van der Waals surface area contributed by atoms with Crippen molar-refractivity contribution >= 4 is 28.5 Å². The summed E-state index contributed by atoms with van der Waals surface area (Å²) in [6.07, 6.45) is 1.57. The van der Waals surface area contributed by atoms with Gasteiger partial charge < -0.3 is 14.5 Å². The van der Waals surface area contributed by atoms with Crippen molar-refractivity contribution in [1.82, 2.24) is 0 Å². The average molecular weight is 245 g/mol. The van der Waals surface area contributed by atoms with Gasteiger partial charge in [-0.2, -0.15) is 0 Å². The molecule has 1 aliphatic rings. The van der Waals surface area contributed by atoms with Gasteiger partial charge in [-0.3, -0.25) is 9.59 Å². The normalized spacial score (nSPS) is 17.6. The van der Waals surface area contributed by atoms with Crippen LogP contribution in [0.15, 0.2) is 28.9 Å². The maximum Gasteiger partial charge on any atom is 0.323 e. The molecule has 1 aromatic carbocycles. The number of esters is 1. The molecule has 1 unspecified atom stereocenters. The van der Waals surface area contributed by atoms with Crippen molar-refractivity contribution < 1.29 is 18.7 Å². The lowest BCUT2D eigenvalue weighted by Gasteiger charge is -2.07. The van der Waals surface area contributed by atoms with Gasteiger partial charge in [-0.1, -0.05) is 0 Å². The first-order valence-electron chi connectivity index (χ1n) is 5.69. The Morgan fingerprint density at radius 2 is 2.33 bits per heavy atom. The lowest BCUT2D eigenvalue weighted by atomic mass is 10.00. The number of furan rings is 1. The van der Waals surface area contributed by atoms with Crippen LogP contribution in [0.3, 0.4) is 0 Å². The SMILES string of the molecule is CCOC(=O)C1C(=O)Nc2cc3ccoc3cc21. The van der Waals surface area contributed by atoms with Gasteiger partial charge in [0.1, 0.15) is 5.58 Å². The Bertz CT molecular complexity index is 643. The molecule has 0 spiro atoms. The van der Waals surface area contributed by atoms with E-state index >= 15 is 0 Å². The largest absolute Gasteiger partial charge is 0.465 e. The predicted molar refractivity (Wildman–Crippen MR) is 64.2 cm³/mol. The summed E-state index contributed by atoms with van der Waals surface area (Å²) < 4.78 is 10.2. The molecule has 1 N–H and O–H groups in total. The molecule has 1 aromatic heterocycles. The van der Waals surface area contributed by atoms with Crippen LogP contribution in [0, 0.1) is 0 Å². The van der Waals surface area contributed by atoms with Gasteiger partial charge in [-0.05, 0) is 25.1 Å². The van der Waals surface area contributed by atoms with E-state index in [1.165, 1.54) is 0 Å². The van der Waals surface area contributed by atoms with E-state index in [0.29, 0.717) is 16.8 Å². The van der Waals surface area contributed by atoms with Crippen molar-refractivity contribution in [1.29, 1.82) is 0 Å². The fraction of sp³-hybridized carbons (Fsp3) is 0.231. The van der Waals surface area contributed by atoms with E-state index in [2.05, 4.69) is 5.32 Å². The fourth-order valence-electron chi connectivity index (χ4n) is 2.18. The second kappa shape index (κ2) is 3.87. The summed E-state index contributed by atoms with van der Waals surface area (Å²) in [5.41, 5.74) is 1.91. The molecule has 0 fully saturated rings. The molecule has 18 heavy (non-hydrogen) atoms. The molecule has 0 bridgehead atoms. The molecule has 3 rings (SSSR count). The number of benzene rings is 1. The summed E-state index contributed by atoms with van der Waals surface area (Å²) in [6, 6.07) is 5.31. The molecule has 5 heteroatoms. The number of ether oxygens (including phenoxy) is 1. The van der Waals surface area contributed by atoms with Gasteiger partial charge in [-0.15, -0.1) is 0 Å². The first-order valence-corrected chi connectivity index (χ1v) is 5.69. The van der Waals surface area contributed by atoms with Gasteiger partial charge in [0.25, 0.3) is 0 Å². The molecule has 1 atom stereocenters. The Labute approximate surface area is 103 Å². The number of amides is 1. The van der Waals surface area contributed by atoms with Crippen LogP contribution >= 0.6 is 0 Å². The molecule has 92 valence electrons. The molecular formula is C13H11NO4. The van der Waals surface area contributed by atoms with E-state index in [9.17, 15) is 9.59 Å². The molecule has 0 saturated heterocycles. The van der Waals surface area contributed by atoms with Gasteiger partial charge in [-0.25, -0.2) is 0 Å². The fourth-order valence-corrected chi connectivity index (χ4v) is 2.18. The molecule has 0 radical (unpaired) electrons. The third kappa shape index (κ3) is 1.48. The lowest BCUT2D eigenvalue weighted by molar-refractivity contribution is -0.147. The van der Waals surface area contributed by atoms with E-state index < -0.39 is 11.9 Å². The summed E-state index contributed by atoms with van der Waals surface area (Å²) in [5.74, 6) is -1.77. The molecule has 0 saturated carbocycles. The van der Waals surface area contributed by atoms with E-state index in [1.54, 1.807) is 31.4 Å². The highest BCUT2D eigenvalue weighted by Gasteiger charge is 2.38. The van der Waals surface area contributed by atoms with Crippen molar-refractivity contribution in [2.75, 3.05) is 11.9 Å². The number of rotatable bonds is 2. The number of fused-ring (bicyclic) bond motifs is 2. The van der Waals surface area contributed by atoms with Crippen LogP contribution in [0.4, 0.5) is 5.69 Å². The van der Waals surface area contributed by atoms with E-state index in [4.69, 9.17) is 9.15 Å². The summed E-state index contributed by atoms with van der Waals surface area (Å²) in [7, 11) is 0. The smallest absolute Gasteiger partial charge is 0.323 e. The van der Waals surface area contributed by atoms with E-state index in [-0.39, 0.29) is 12.5 Å². The van der Waals surface area contributed by atoms with Crippen molar-refractivity contribution in [3.63, 3.8) is 0 Å². The van der Waals surface area contributed by atoms with Crippen LogP contribution in [-0.2, 0) is 14.3 Å². The minimum Gasteiger partial charge on any atom is -0.465 e. The summed E-state index contributed by atoms with van der Waals surface area (Å²) >= 11 is 0. The Morgan fingerprint density at radius 3 is 3.11 bits per heavy atom. The Hall–Kier alpha value is -2.30. The maximum absolute atomic E-state index is 11.8. The van der Waals surface area contributed by atoms with Gasteiger partial charge in [0.2, 0.25) is 5.91 Å². The monoisotopic (exact) mass is 245 g/mol. The number of hydrogen-bond acceptors (Lipinski definition) is 4. The van der Waals surface area contributed by atoms with Gasteiger partial charge in [0, 0.05) is 16.6 Å². The van der Waals surface area contributed by atoms with Crippen molar-refractivity contribution in [3.05, 3.63) is 30.0 Å². The molecule has 0 aliphatic carbocycles. The van der Waals surface area contributed by atoms with Crippen LogP contribution in [-0.4, -0.2) is 18.5 Å². The highest BCUT2D eigenvalue weighted by Crippen LogP contribution is 2.36. The standard InChI is InChI=1S/C13H11NO4/c1-2-17-13(16)11-8-6-10-7(3-4-18-10)5-9(8)14-12(11)15/h3-6,11H,2H2,1H3,(H,14,15). The van der Waals surface area contributed by atoms with Gasteiger partial charge in [0.05, 0.1) is 12.9 Å². The Kier molecular flexibility index (Phi) is 2.33. The topological polar surface area (TPSA) is 68.5 Å². The van der Waals surface area contributed by atoms with Crippen molar-refractivity contribution in [2.24, 2.45) is 0 Å². The van der Waals surface area contributed by atoms with Crippen LogP contribution in [0.5, 0.6) is 0 Å². The highest BCUT2D eigenvalue weighted by atomic mass is 16.5. The predicted octanol–water partition coefficient (Wildman–Crippen LogP) is 2.03. The molecule has 5 nitrogen and oxygen atoms in total. The third-order valence-electron chi connectivity index (χ3n) is 2.98. The van der Waals surface area contributed by atoms with Crippen LogP contribution < -0.4 is 5.32 Å². The zero-order valence-electron chi connectivity index (χ0n) is 9.73. The zero-order chi connectivity index (χ0) is 12.7. The van der Waals surface area contributed by atoms with Gasteiger partial charge in [0.15, 0.2) is 5.92 Å². The molecule has 1 aliphatic heterocycles. The third-order valence-corrected chi connectivity index (χ3v) is 2.98. The minimum absolute atomic E-state index is 0.251. The number of hydrogen-bond donors (Lipinski definition) is 1.